The summed E-state index contributed by atoms with van der Waals surface area (Å²) in [5.41, 5.74) is 3.66. The first kappa shape index (κ1) is 13.6. The van der Waals surface area contributed by atoms with Crippen LogP contribution in [-0.2, 0) is 13.0 Å². The zero-order valence-electron chi connectivity index (χ0n) is 12.1. The monoisotopic (exact) mass is 281 g/mol. The van der Waals surface area contributed by atoms with Gasteiger partial charge in [0, 0.05) is 25.5 Å². The molecule has 1 aromatic heterocycles. The van der Waals surface area contributed by atoms with Crippen molar-refractivity contribution in [3.05, 3.63) is 65.5 Å². The molecule has 0 fully saturated rings. The van der Waals surface area contributed by atoms with E-state index in [0.717, 1.165) is 18.5 Å². The molecule has 0 aliphatic carbocycles. The molecule has 1 N–H and O–H groups in total. The highest BCUT2D eigenvalue weighted by atomic mass is 16.2. The maximum atomic E-state index is 12.4. The highest BCUT2D eigenvalue weighted by Crippen LogP contribution is 2.19. The number of amides is 2. The number of carbonyl (C=O) groups is 1. The van der Waals surface area contributed by atoms with Crippen LogP contribution in [0.5, 0.6) is 0 Å². The Morgan fingerprint density at radius 1 is 1.19 bits per heavy atom. The van der Waals surface area contributed by atoms with Gasteiger partial charge in [0.15, 0.2) is 0 Å². The molecule has 0 saturated carbocycles. The summed E-state index contributed by atoms with van der Waals surface area (Å²) < 4.78 is 0. The Bertz CT molecular complexity index is 627. The maximum absolute atomic E-state index is 12.4. The van der Waals surface area contributed by atoms with Gasteiger partial charge in [-0.15, -0.1) is 0 Å². The fourth-order valence-electron chi connectivity index (χ4n) is 2.68. The lowest BCUT2D eigenvalue weighted by Crippen LogP contribution is -2.43. The summed E-state index contributed by atoms with van der Waals surface area (Å²) in [5.74, 6) is 0. The SMILES string of the molecule is CC(NC(=O)N1CCc2ccccc2C1)c1ccncc1. The van der Waals surface area contributed by atoms with E-state index in [1.54, 1.807) is 12.4 Å². The molecule has 4 heteroatoms. The average Bonchev–Trinajstić information content (AvgIpc) is 2.55. The molecular weight excluding hydrogens is 262 g/mol. The van der Waals surface area contributed by atoms with Crippen LogP contribution in [0.2, 0.25) is 0 Å². The first-order valence-corrected chi connectivity index (χ1v) is 7.26. The lowest BCUT2D eigenvalue weighted by atomic mass is 10.0. The number of urea groups is 1. The van der Waals surface area contributed by atoms with Crippen LogP contribution in [0.25, 0.3) is 0 Å². The van der Waals surface area contributed by atoms with Gasteiger partial charge in [0.25, 0.3) is 0 Å². The lowest BCUT2D eigenvalue weighted by molar-refractivity contribution is 0.189. The van der Waals surface area contributed by atoms with Gasteiger partial charge >= 0.3 is 6.03 Å². The minimum absolute atomic E-state index is 0.00573. The molecule has 108 valence electrons. The van der Waals surface area contributed by atoms with Crippen molar-refractivity contribution in [1.82, 2.24) is 15.2 Å². The van der Waals surface area contributed by atoms with Crippen molar-refractivity contribution in [3.63, 3.8) is 0 Å². The predicted molar refractivity (Wildman–Crippen MR) is 81.7 cm³/mol. The Labute approximate surface area is 124 Å². The van der Waals surface area contributed by atoms with Crippen molar-refractivity contribution in [2.75, 3.05) is 6.54 Å². The zero-order valence-corrected chi connectivity index (χ0v) is 12.1. The molecule has 2 aromatic rings. The lowest BCUT2D eigenvalue weighted by Gasteiger charge is -2.30. The smallest absolute Gasteiger partial charge is 0.318 e. The number of rotatable bonds is 2. The summed E-state index contributed by atoms with van der Waals surface area (Å²) in [6.45, 7) is 3.45. The summed E-state index contributed by atoms with van der Waals surface area (Å²) in [7, 11) is 0. The summed E-state index contributed by atoms with van der Waals surface area (Å²) in [6, 6.07) is 12.2. The summed E-state index contributed by atoms with van der Waals surface area (Å²) in [4.78, 5) is 18.3. The zero-order chi connectivity index (χ0) is 14.7. The first-order chi connectivity index (χ1) is 10.2. The largest absolute Gasteiger partial charge is 0.331 e. The van der Waals surface area contributed by atoms with Crippen molar-refractivity contribution >= 4 is 6.03 Å². The first-order valence-electron chi connectivity index (χ1n) is 7.26. The van der Waals surface area contributed by atoms with Crippen LogP contribution >= 0.6 is 0 Å². The van der Waals surface area contributed by atoms with Crippen molar-refractivity contribution in [2.24, 2.45) is 0 Å². The second kappa shape index (κ2) is 5.95. The van der Waals surface area contributed by atoms with Gasteiger partial charge < -0.3 is 10.2 Å². The molecule has 2 heterocycles. The van der Waals surface area contributed by atoms with E-state index in [4.69, 9.17) is 0 Å². The van der Waals surface area contributed by atoms with E-state index in [-0.39, 0.29) is 12.1 Å². The Balaban J connectivity index is 1.65. The molecule has 21 heavy (non-hydrogen) atoms. The number of fused-ring (bicyclic) bond motifs is 1. The minimum Gasteiger partial charge on any atom is -0.331 e. The number of nitrogens with one attached hydrogen (secondary N) is 1. The minimum atomic E-state index is -0.0160. The van der Waals surface area contributed by atoms with Gasteiger partial charge in [-0.3, -0.25) is 4.98 Å². The Hall–Kier alpha value is -2.36. The van der Waals surface area contributed by atoms with E-state index in [9.17, 15) is 4.79 Å². The van der Waals surface area contributed by atoms with Crippen LogP contribution in [0.3, 0.4) is 0 Å². The van der Waals surface area contributed by atoms with Crippen molar-refractivity contribution in [3.8, 4) is 0 Å². The van der Waals surface area contributed by atoms with Gasteiger partial charge in [-0.2, -0.15) is 0 Å². The summed E-state index contributed by atoms with van der Waals surface area (Å²) in [6.07, 6.45) is 4.41. The van der Waals surface area contributed by atoms with E-state index in [2.05, 4.69) is 28.5 Å². The molecule has 0 spiro atoms. The molecule has 1 aliphatic rings. The Kier molecular flexibility index (Phi) is 3.86. The third-order valence-electron chi connectivity index (χ3n) is 3.96. The molecule has 0 bridgehead atoms. The number of pyridine rings is 1. The number of carbonyl (C=O) groups excluding carboxylic acids is 1. The normalized spacial score (nSPS) is 15.2. The molecule has 1 aromatic carbocycles. The molecule has 0 saturated heterocycles. The quantitative estimate of drug-likeness (QED) is 0.920. The standard InChI is InChI=1S/C17H19N3O/c1-13(14-6-9-18-10-7-14)19-17(21)20-11-8-15-4-2-3-5-16(15)12-20/h2-7,9-10,13H,8,11-12H2,1H3,(H,19,21). The number of nitrogens with zero attached hydrogens (tertiary/aromatic N) is 2. The van der Waals surface area contributed by atoms with Crippen LogP contribution in [0, 0.1) is 0 Å². The van der Waals surface area contributed by atoms with Crippen LogP contribution in [-0.4, -0.2) is 22.5 Å². The molecule has 1 unspecified atom stereocenters. The molecule has 1 atom stereocenters. The molecule has 2 amide bonds. The van der Waals surface area contributed by atoms with Crippen molar-refractivity contribution in [1.29, 1.82) is 0 Å². The van der Waals surface area contributed by atoms with E-state index >= 15 is 0 Å². The van der Waals surface area contributed by atoms with Crippen LogP contribution in [0.1, 0.15) is 29.7 Å². The van der Waals surface area contributed by atoms with E-state index in [1.165, 1.54) is 11.1 Å². The average molecular weight is 281 g/mol. The Morgan fingerprint density at radius 2 is 1.90 bits per heavy atom. The van der Waals surface area contributed by atoms with Gasteiger partial charge in [-0.1, -0.05) is 24.3 Å². The summed E-state index contributed by atoms with van der Waals surface area (Å²) >= 11 is 0. The summed E-state index contributed by atoms with van der Waals surface area (Å²) in [5, 5.41) is 3.06. The fraction of sp³-hybridized carbons (Fsp3) is 0.294. The van der Waals surface area contributed by atoms with Gasteiger partial charge in [0.1, 0.15) is 0 Å². The highest BCUT2D eigenvalue weighted by Gasteiger charge is 2.21. The van der Waals surface area contributed by atoms with Crippen molar-refractivity contribution < 1.29 is 4.79 Å². The molecule has 0 radical (unpaired) electrons. The molecule has 4 nitrogen and oxygen atoms in total. The van der Waals surface area contributed by atoms with Crippen LogP contribution in [0.4, 0.5) is 4.79 Å². The second-order valence-electron chi connectivity index (χ2n) is 5.39. The number of hydrogen-bond acceptors (Lipinski definition) is 2. The van der Waals surface area contributed by atoms with Gasteiger partial charge in [0.05, 0.1) is 6.04 Å². The van der Waals surface area contributed by atoms with E-state index < -0.39 is 0 Å². The number of aromatic nitrogens is 1. The second-order valence-corrected chi connectivity index (χ2v) is 5.39. The maximum Gasteiger partial charge on any atom is 0.318 e. The fourth-order valence-corrected chi connectivity index (χ4v) is 2.68. The van der Waals surface area contributed by atoms with Gasteiger partial charge in [0.2, 0.25) is 0 Å². The molecule has 3 rings (SSSR count). The van der Waals surface area contributed by atoms with Gasteiger partial charge in [-0.05, 0) is 42.2 Å². The van der Waals surface area contributed by atoms with Crippen molar-refractivity contribution in [2.45, 2.75) is 25.9 Å². The third kappa shape index (κ3) is 3.05. The van der Waals surface area contributed by atoms with E-state index in [1.807, 2.05) is 30.0 Å². The van der Waals surface area contributed by atoms with Gasteiger partial charge in [-0.25, -0.2) is 4.79 Å². The topological polar surface area (TPSA) is 45.2 Å². The number of benzene rings is 1. The van der Waals surface area contributed by atoms with E-state index in [0.29, 0.717) is 6.54 Å². The molecule has 1 aliphatic heterocycles. The predicted octanol–water partition coefficient (Wildman–Crippen LogP) is 2.91. The van der Waals surface area contributed by atoms with Crippen LogP contribution in [0.15, 0.2) is 48.8 Å². The van der Waals surface area contributed by atoms with Crippen LogP contribution < -0.4 is 5.32 Å². The molecular formula is C17H19N3O. The highest BCUT2D eigenvalue weighted by molar-refractivity contribution is 5.75. The Morgan fingerprint density at radius 3 is 2.67 bits per heavy atom. The number of hydrogen-bond donors (Lipinski definition) is 1. The third-order valence-corrected chi connectivity index (χ3v) is 3.96.